The van der Waals surface area contributed by atoms with Crippen LogP contribution in [0.1, 0.15) is 79.1 Å². The Morgan fingerprint density at radius 2 is 1.52 bits per heavy atom. The molecule has 4 saturated carbocycles. The number of aliphatic hydroxyl groups is 2. The lowest BCUT2D eigenvalue weighted by Crippen LogP contribution is -2.58. The van der Waals surface area contributed by atoms with Crippen LogP contribution in [-0.2, 0) is 0 Å². The summed E-state index contributed by atoms with van der Waals surface area (Å²) in [5, 5.41) is 21.2. The van der Waals surface area contributed by atoms with Gasteiger partial charge in [0.15, 0.2) is 0 Å². The normalized spacial score (nSPS) is 62.3. The van der Waals surface area contributed by atoms with Crippen LogP contribution in [0, 0.1) is 40.4 Å². The minimum absolute atomic E-state index is 0.0619. The zero-order valence-electron chi connectivity index (χ0n) is 15.5. The third-order valence-electron chi connectivity index (χ3n) is 9.57. The van der Waals surface area contributed by atoms with Gasteiger partial charge < -0.3 is 10.2 Å². The smallest absolute Gasteiger partial charge is 0.0675 e. The summed E-state index contributed by atoms with van der Waals surface area (Å²) in [4.78, 5) is 0. The number of rotatable bonds is 0. The Hall–Kier alpha value is -0.0800. The highest BCUT2D eigenvalue weighted by Crippen LogP contribution is 2.68. The maximum absolute atomic E-state index is 11.0. The van der Waals surface area contributed by atoms with Gasteiger partial charge in [0.1, 0.15) is 0 Å². The minimum atomic E-state index is -0.466. The molecule has 9 atom stereocenters. The Balaban J connectivity index is 1.68. The Kier molecular flexibility index (Phi) is 3.54. The summed E-state index contributed by atoms with van der Waals surface area (Å²) in [6, 6.07) is 0. The molecule has 0 bridgehead atoms. The molecule has 0 aromatic heterocycles. The van der Waals surface area contributed by atoms with Gasteiger partial charge in [-0.15, -0.1) is 0 Å². The van der Waals surface area contributed by atoms with Crippen molar-refractivity contribution in [1.82, 2.24) is 0 Å². The van der Waals surface area contributed by atoms with Crippen LogP contribution in [0.15, 0.2) is 0 Å². The van der Waals surface area contributed by atoms with Crippen LogP contribution in [0.2, 0.25) is 0 Å². The number of hydrogen-bond donors (Lipinski definition) is 2. The van der Waals surface area contributed by atoms with Crippen molar-refractivity contribution < 1.29 is 10.2 Å². The molecule has 2 nitrogen and oxygen atoms in total. The highest BCUT2D eigenvalue weighted by atomic mass is 16.3. The Labute approximate surface area is 142 Å². The molecule has 0 radical (unpaired) electrons. The van der Waals surface area contributed by atoms with E-state index in [-0.39, 0.29) is 11.5 Å². The first-order valence-corrected chi connectivity index (χ1v) is 10.1. The number of aliphatic hydroxyl groups excluding tert-OH is 1. The van der Waals surface area contributed by atoms with E-state index >= 15 is 0 Å². The molecular formula is C21H36O2. The van der Waals surface area contributed by atoms with Crippen LogP contribution in [0.4, 0.5) is 0 Å². The topological polar surface area (TPSA) is 40.5 Å². The van der Waals surface area contributed by atoms with Gasteiger partial charge in [-0.2, -0.15) is 0 Å². The molecule has 0 spiro atoms. The van der Waals surface area contributed by atoms with Crippen LogP contribution in [0.3, 0.4) is 0 Å². The van der Waals surface area contributed by atoms with Crippen LogP contribution >= 0.6 is 0 Å². The summed E-state index contributed by atoms with van der Waals surface area (Å²) in [7, 11) is 0. The summed E-state index contributed by atoms with van der Waals surface area (Å²) in [5.41, 5.74) is 0.0923. The highest BCUT2D eigenvalue weighted by Gasteiger charge is 2.64. The first-order valence-electron chi connectivity index (χ1n) is 10.1. The second-order valence-corrected chi connectivity index (χ2v) is 10.4. The molecule has 132 valence electrons. The van der Waals surface area contributed by atoms with Crippen molar-refractivity contribution >= 4 is 0 Å². The maximum Gasteiger partial charge on any atom is 0.0675 e. The quantitative estimate of drug-likeness (QED) is 0.695. The zero-order chi connectivity index (χ0) is 16.6. The molecule has 2 heteroatoms. The maximum atomic E-state index is 11.0. The molecule has 23 heavy (non-hydrogen) atoms. The molecule has 2 N–H and O–H groups in total. The zero-order valence-corrected chi connectivity index (χ0v) is 15.5. The second-order valence-electron chi connectivity index (χ2n) is 10.4. The molecule has 0 heterocycles. The average molecular weight is 321 g/mol. The van der Waals surface area contributed by atoms with Gasteiger partial charge in [0.05, 0.1) is 11.7 Å². The van der Waals surface area contributed by atoms with Crippen LogP contribution in [0.5, 0.6) is 0 Å². The molecule has 4 fully saturated rings. The van der Waals surface area contributed by atoms with Crippen molar-refractivity contribution in [3.05, 3.63) is 0 Å². The van der Waals surface area contributed by atoms with E-state index in [0.717, 1.165) is 37.0 Å². The summed E-state index contributed by atoms with van der Waals surface area (Å²) in [5.74, 6) is 3.77. The first kappa shape index (κ1) is 16.4. The largest absolute Gasteiger partial charge is 0.393 e. The van der Waals surface area contributed by atoms with E-state index in [2.05, 4.69) is 27.7 Å². The molecule has 4 aliphatic rings. The summed E-state index contributed by atoms with van der Waals surface area (Å²) >= 11 is 0. The van der Waals surface area contributed by atoms with Crippen LogP contribution < -0.4 is 0 Å². The van der Waals surface area contributed by atoms with Crippen molar-refractivity contribution in [2.45, 2.75) is 90.8 Å². The monoisotopic (exact) mass is 320 g/mol. The standard InChI is InChI=1S/C21H36O2/c1-13-11-15-16(19(2)8-5-14(22)12-18(13)19)6-9-20(3)17(15)7-10-21(20,4)23/h13-18,22-23H,5-12H2,1-4H3/t13-,14-,15-,16+,17+,18-,19-,20+,21+/m1/s1. The molecule has 4 rings (SSSR count). The minimum Gasteiger partial charge on any atom is -0.393 e. The Morgan fingerprint density at radius 1 is 0.826 bits per heavy atom. The van der Waals surface area contributed by atoms with Gasteiger partial charge in [0, 0.05) is 0 Å². The predicted molar refractivity (Wildman–Crippen MR) is 92.9 cm³/mol. The summed E-state index contributed by atoms with van der Waals surface area (Å²) in [6.45, 7) is 9.47. The van der Waals surface area contributed by atoms with E-state index in [1.165, 1.54) is 32.1 Å². The van der Waals surface area contributed by atoms with Crippen molar-refractivity contribution in [3.8, 4) is 0 Å². The van der Waals surface area contributed by atoms with Gasteiger partial charge in [-0.25, -0.2) is 0 Å². The fraction of sp³-hybridized carbons (Fsp3) is 1.00. The molecule has 0 saturated heterocycles. The lowest BCUT2D eigenvalue weighted by molar-refractivity contribution is -0.167. The molecule has 0 aromatic rings. The van der Waals surface area contributed by atoms with Crippen molar-refractivity contribution in [3.63, 3.8) is 0 Å². The summed E-state index contributed by atoms with van der Waals surface area (Å²) < 4.78 is 0. The third kappa shape index (κ3) is 2.06. The highest BCUT2D eigenvalue weighted by molar-refractivity contribution is 5.13. The van der Waals surface area contributed by atoms with Gasteiger partial charge in [0.2, 0.25) is 0 Å². The van der Waals surface area contributed by atoms with E-state index in [1.807, 2.05) is 0 Å². The van der Waals surface area contributed by atoms with Crippen molar-refractivity contribution in [2.75, 3.05) is 0 Å². The first-order chi connectivity index (χ1) is 10.7. The van der Waals surface area contributed by atoms with E-state index in [0.29, 0.717) is 17.3 Å². The molecule has 4 aliphatic carbocycles. The fourth-order valence-corrected chi connectivity index (χ4v) is 7.96. The van der Waals surface area contributed by atoms with Crippen molar-refractivity contribution in [2.24, 2.45) is 40.4 Å². The lowest BCUT2D eigenvalue weighted by atomic mass is 9.42. The van der Waals surface area contributed by atoms with Gasteiger partial charge in [-0.05, 0) is 98.7 Å². The van der Waals surface area contributed by atoms with Crippen molar-refractivity contribution in [1.29, 1.82) is 0 Å². The van der Waals surface area contributed by atoms with Gasteiger partial charge in [-0.3, -0.25) is 0 Å². The molecule has 0 unspecified atom stereocenters. The Morgan fingerprint density at radius 3 is 2.26 bits per heavy atom. The molecule has 0 aromatic carbocycles. The molecule has 0 amide bonds. The van der Waals surface area contributed by atoms with Crippen LogP contribution in [0.25, 0.3) is 0 Å². The molecular weight excluding hydrogens is 284 g/mol. The number of hydrogen-bond acceptors (Lipinski definition) is 2. The molecule has 0 aliphatic heterocycles. The van der Waals surface area contributed by atoms with E-state index in [4.69, 9.17) is 0 Å². The average Bonchev–Trinajstić information content (AvgIpc) is 2.72. The van der Waals surface area contributed by atoms with Crippen LogP contribution in [-0.4, -0.2) is 21.9 Å². The number of fused-ring (bicyclic) bond motifs is 5. The lowest BCUT2D eigenvalue weighted by Gasteiger charge is -2.63. The summed E-state index contributed by atoms with van der Waals surface area (Å²) in [6.07, 6.45) is 9.22. The predicted octanol–water partition coefficient (Wildman–Crippen LogP) is 4.39. The third-order valence-corrected chi connectivity index (χ3v) is 9.57. The van der Waals surface area contributed by atoms with Gasteiger partial charge in [0.25, 0.3) is 0 Å². The van der Waals surface area contributed by atoms with E-state index < -0.39 is 5.60 Å². The second kappa shape index (κ2) is 4.97. The SMILES string of the molecule is C[C@@H]1C[C@@H]2[C@H](CC[C@@]3(C)[C@H]2CC[C@]3(C)O)[C@@]2(C)CC[C@@H](O)C[C@H]12. The van der Waals surface area contributed by atoms with Gasteiger partial charge in [-0.1, -0.05) is 20.8 Å². The van der Waals surface area contributed by atoms with Gasteiger partial charge >= 0.3 is 0 Å². The Bertz CT molecular complexity index is 486. The van der Waals surface area contributed by atoms with E-state index in [9.17, 15) is 10.2 Å². The fourth-order valence-electron chi connectivity index (χ4n) is 7.96. The van der Waals surface area contributed by atoms with E-state index in [1.54, 1.807) is 0 Å².